The second-order valence-corrected chi connectivity index (χ2v) is 18.3. The molecule has 336 valence electrons. The lowest BCUT2D eigenvalue weighted by atomic mass is 9.86. The molecule has 16 heteroatoms. The smallest absolute Gasteiger partial charge is 0.407 e. The molecule has 2 aliphatic rings. The van der Waals surface area contributed by atoms with Crippen molar-refractivity contribution in [1.82, 2.24) is 45.5 Å². The molecule has 1 amide bonds. The van der Waals surface area contributed by atoms with E-state index < -0.39 is 11.7 Å². The molecular weight excluding hydrogens is 821 g/mol. The van der Waals surface area contributed by atoms with Crippen molar-refractivity contribution < 1.29 is 18.6 Å². The third-order valence-corrected chi connectivity index (χ3v) is 12.4. The number of aromatic nitrogens is 8. The van der Waals surface area contributed by atoms with Crippen LogP contribution in [0.2, 0.25) is 0 Å². The molecule has 0 aliphatic heterocycles. The van der Waals surface area contributed by atoms with Crippen LogP contribution >= 0.6 is 0 Å². The molecule has 0 bridgehead atoms. The minimum Gasteiger partial charge on any atom is -0.444 e. The van der Waals surface area contributed by atoms with Crippen molar-refractivity contribution >= 4 is 39.8 Å². The standard InChI is InChI=1S/C27H32N6O3.C22H24N6O/c1-14-12-29-25(30-20-9-10-21(20)31-26(34)35-27(4,5)6)32-24(14)19-13-28-22-11-17(7-8-18(19)22)23-15(2)33-36-16(23)3;1-11-9-25-22(26-18-7-6-17(18)23)27-21(11)16-10-24-19-8-14(4-5-15(16)19)20-12(2)28-29-13(20)3/h7-8,11-13,20-21,28H,9-10H2,1-6H3,(H,31,34)(H,29,30,32);4-5,8-10,17-18,24H,6-7,23H2,1-3H3,(H,25,26,27)/t20-,21-;17-,18-/m00/s1. The van der Waals surface area contributed by atoms with E-state index in [-0.39, 0.29) is 24.2 Å². The molecule has 6 aromatic heterocycles. The molecule has 16 nitrogen and oxygen atoms in total. The molecule has 0 unspecified atom stereocenters. The summed E-state index contributed by atoms with van der Waals surface area (Å²) in [5.74, 6) is 2.80. The Kier molecular flexibility index (Phi) is 11.4. The van der Waals surface area contributed by atoms with Crippen molar-refractivity contribution in [2.75, 3.05) is 10.6 Å². The van der Waals surface area contributed by atoms with E-state index in [1.165, 1.54) is 0 Å². The minimum atomic E-state index is -0.529. The lowest BCUT2D eigenvalue weighted by molar-refractivity contribution is 0.0472. The number of hydrogen-bond donors (Lipinski definition) is 6. The molecule has 2 fully saturated rings. The Morgan fingerprint density at radius 3 is 1.57 bits per heavy atom. The molecular formula is C49H56N12O4. The first-order valence-corrected chi connectivity index (χ1v) is 22.1. The van der Waals surface area contributed by atoms with Crippen LogP contribution in [-0.2, 0) is 4.74 Å². The SMILES string of the molecule is Cc1cnc(N[C@H]2CC[C@@H]2N)nc1-c1c[nH]c2cc(-c3c(C)noc3C)ccc12.Cc1cnc(N[C@H]2CC[C@@H]2NC(=O)OC(C)(C)C)nc1-c1c[nH]c2cc(-c3c(C)noc3C)ccc12. The van der Waals surface area contributed by atoms with Crippen molar-refractivity contribution in [3.63, 3.8) is 0 Å². The Balaban J connectivity index is 0.000000168. The van der Waals surface area contributed by atoms with Gasteiger partial charge in [0.05, 0.1) is 28.8 Å². The Labute approximate surface area is 377 Å². The van der Waals surface area contributed by atoms with E-state index in [0.717, 1.165) is 126 Å². The normalized spacial score (nSPS) is 18.1. The highest BCUT2D eigenvalue weighted by Crippen LogP contribution is 2.37. The number of anilines is 2. The molecule has 7 N–H and O–H groups in total. The van der Waals surface area contributed by atoms with Crippen molar-refractivity contribution in [2.45, 2.75) is 118 Å². The van der Waals surface area contributed by atoms with Crippen LogP contribution in [0.4, 0.5) is 16.7 Å². The van der Waals surface area contributed by atoms with Gasteiger partial charge in [-0.25, -0.2) is 24.7 Å². The number of amides is 1. The predicted molar refractivity (Wildman–Crippen MR) is 252 cm³/mol. The van der Waals surface area contributed by atoms with Gasteiger partial charge in [-0.05, 0) is 122 Å². The van der Waals surface area contributed by atoms with Gasteiger partial charge >= 0.3 is 6.09 Å². The molecule has 4 atom stereocenters. The molecule has 65 heavy (non-hydrogen) atoms. The lowest BCUT2D eigenvalue weighted by Gasteiger charge is -2.37. The summed E-state index contributed by atoms with van der Waals surface area (Å²) in [6.45, 7) is 17.4. The molecule has 2 saturated carbocycles. The fourth-order valence-electron chi connectivity index (χ4n) is 8.66. The van der Waals surface area contributed by atoms with E-state index in [2.05, 4.69) is 82.6 Å². The van der Waals surface area contributed by atoms with Gasteiger partial charge in [0, 0.05) is 87.0 Å². The van der Waals surface area contributed by atoms with Crippen LogP contribution in [0.25, 0.3) is 66.6 Å². The fourth-order valence-corrected chi connectivity index (χ4v) is 8.66. The number of fused-ring (bicyclic) bond motifs is 2. The second kappa shape index (κ2) is 17.1. The monoisotopic (exact) mass is 876 g/mol. The van der Waals surface area contributed by atoms with Gasteiger partial charge in [-0.3, -0.25) is 0 Å². The van der Waals surface area contributed by atoms with E-state index in [4.69, 9.17) is 29.5 Å². The van der Waals surface area contributed by atoms with Gasteiger partial charge in [0.15, 0.2) is 0 Å². The van der Waals surface area contributed by atoms with Crippen LogP contribution in [0.5, 0.6) is 0 Å². The Morgan fingerprint density at radius 2 is 1.17 bits per heavy atom. The van der Waals surface area contributed by atoms with Crippen LogP contribution in [0.15, 0.2) is 70.2 Å². The number of carbonyl (C=O) groups is 1. The average Bonchev–Trinajstić information content (AvgIpc) is 4.05. The Morgan fingerprint density at radius 1 is 0.692 bits per heavy atom. The van der Waals surface area contributed by atoms with Gasteiger partial charge in [0.1, 0.15) is 17.1 Å². The number of benzene rings is 2. The van der Waals surface area contributed by atoms with Gasteiger partial charge in [-0.1, -0.05) is 34.6 Å². The maximum absolute atomic E-state index is 12.2. The zero-order valence-corrected chi connectivity index (χ0v) is 38.3. The highest BCUT2D eigenvalue weighted by molar-refractivity contribution is 5.98. The number of alkyl carbamates (subject to hydrolysis) is 1. The van der Waals surface area contributed by atoms with E-state index >= 15 is 0 Å². The maximum Gasteiger partial charge on any atom is 0.407 e. The molecule has 2 aliphatic carbocycles. The topological polar surface area (TPSA) is 224 Å². The molecule has 10 rings (SSSR count). The number of aryl methyl sites for hydroxylation is 6. The summed E-state index contributed by atoms with van der Waals surface area (Å²) < 4.78 is 16.1. The number of nitrogens with one attached hydrogen (secondary N) is 5. The van der Waals surface area contributed by atoms with Crippen LogP contribution in [0, 0.1) is 41.5 Å². The van der Waals surface area contributed by atoms with Crippen molar-refractivity contribution in [2.24, 2.45) is 5.73 Å². The summed E-state index contributed by atoms with van der Waals surface area (Å²) in [7, 11) is 0. The highest BCUT2D eigenvalue weighted by atomic mass is 16.6. The zero-order valence-electron chi connectivity index (χ0n) is 38.3. The van der Waals surface area contributed by atoms with Gasteiger partial charge < -0.3 is 45.4 Å². The first kappa shape index (κ1) is 43.2. The van der Waals surface area contributed by atoms with E-state index in [9.17, 15) is 4.79 Å². The molecule has 0 saturated heterocycles. The van der Waals surface area contributed by atoms with Gasteiger partial charge in [0.25, 0.3) is 0 Å². The summed E-state index contributed by atoms with van der Waals surface area (Å²) in [4.78, 5) is 37.5. The quantitative estimate of drug-likeness (QED) is 0.0795. The summed E-state index contributed by atoms with van der Waals surface area (Å²) >= 11 is 0. The summed E-state index contributed by atoms with van der Waals surface area (Å²) in [6.07, 6.45) is 11.2. The summed E-state index contributed by atoms with van der Waals surface area (Å²) in [5.41, 5.74) is 19.4. The highest BCUT2D eigenvalue weighted by Gasteiger charge is 2.34. The molecule has 0 spiro atoms. The zero-order chi connectivity index (χ0) is 45.7. The van der Waals surface area contributed by atoms with Gasteiger partial charge in [-0.15, -0.1) is 0 Å². The molecule has 0 radical (unpaired) electrons. The number of ether oxygens (including phenoxy) is 1. The first-order valence-electron chi connectivity index (χ1n) is 22.1. The van der Waals surface area contributed by atoms with Crippen molar-refractivity contribution in [3.8, 4) is 44.8 Å². The maximum atomic E-state index is 12.2. The van der Waals surface area contributed by atoms with Crippen LogP contribution in [0.1, 0.15) is 80.5 Å². The Bertz CT molecular complexity index is 3010. The first-order chi connectivity index (χ1) is 31.1. The van der Waals surface area contributed by atoms with Gasteiger partial charge in [-0.2, -0.15) is 0 Å². The van der Waals surface area contributed by atoms with E-state index in [1.54, 1.807) is 0 Å². The predicted octanol–water partition coefficient (Wildman–Crippen LogP) is 9.78. The molecule has 8 aromatic rings. The van der Waals surface area contributed by atoms with Crippen molar-refractivity contribution in [1.29, 1.82) is 0 Å². The third-order valence-electron chi connectivity index (χ3n) is 12.4. The number of carbonyl (C=O) groups excluding carboxylic acids is 1. The summed E-state index contributed by atoms with van der Waals surface area (Å²) in [5, 5.41) is 20.1. The number of rotatable bonds is 9. The number of aromatic amines is 2. The van der Waals surface area contributed by atoms with Crippen LogP contribution in [0.3, 0.4) is 0 Å². The third kappa shape index (κ3) is 8.77. The largest absolute Gasteiger partial charge is 0.444 e. The fraction of sp³-hybridized carbons (Fsp3) is 0.367. The Hall–Kier alpha value is -7.07. The average molecular weight is 877 g/mol. The van der Waals surface area contributed by atoms with Gasteiger partial charge in [0.2, 0.25) is 11.9 Å². The van der Waals surface area contributed by atoms with E-state index in [0.29, 0.717) is 11.9 Å². The number of nitrogens with zero attached hydrogens (tertiary/aromatic N) is 6. The van der Waals surface area contributed by atoms with Crippen LogP contribution < -0.4 is 21.7 Å². The second-order valence-electron chi connectivity index (χ2n) is 18.3. The van der Waals surface area contributed by atoms with E-state index in [1.807, 2.05) is 87.1 Å². The number of H-pyrrole nitrogens is 2. The lowest BCUT2D eigenvalue weighted by Crippen LogP contribution is -2.54. The van der Waals surface area contributed by atoms with Crippen LogP contribution in [-0.4, -0.2) is 76.1 Å². The number of nitrogens with two attached hydrogens (primary N) is 1. The number of hydrogen-bond acceptors (Lipinski definition) is 13. The van der Waals surface area contributed by atoms with Crippen molar-refractivity contribution in [3.05, 3.63) is 95.2 Å². The minimum absolute atomic E-state index is 0.0240. The molecule has 2 aromatic carbocycles. The summed E-state index contributed by atoms with van der Waals surface area (Å²) in [6, 6.07) is 13.1. The molecule has 6 heterocycles.